The highest BCUT2D eigenvalue weighted by molar-refractivity contribution is 5.80. The normalized spacial score (nSPS) is 15.4. The largest absolute Gasteiger partial charge is 0.355 e. The van der Waals surface area contributed by atoms with Crippen molar-refractivity contribution in [1.29, 1.82) is 0 Å². The molecule has 0 unspecified atom stereocenters. The highest BCUT2D eigenvalue weighted by Gasteiger charge is 2.15. The summed E-state index contributed by atoms with van der Waals surface area (Å²) in [5.41, 5.74) is 2.27. The molecule has 0 spiro atoms. The molecule has 1 aromatic carbocycles. The number of hydrogen-bond acceptors (Lipinski definition) is 4. The standard InChI is InChI=1S/C24H36N8/c1-3-23-30-27-18-31(23)17-15-26-24(29-20-10-5-4-6-11-20)25-14-9-16-32-19(2)28-21-12-7-8-13-22(21)32/h7-8,12-13,18,20H,3-6,9-11,14-17H2,1-2H3,(H2,25,26,29). The second kappa shape index (κ2) is 11.1. The van der Waals surface area contributed by atoms with Gasteiger partial charge in [-0.2, -0.15) is 0 Å². The summed E-state index contributed by atoms with van der Waals surface area (Å²) in [4.78, 5) is 9.58. The summed E-state index contributed by atoms with van der Waals surface area (Å²) in [6, 6.07) is 8.87. The number of benzene rings is 1. The number of hydrogen-bond donors (Lipinski definition) is 2. The predicted molar refractivity (Wildman–Crippen MR) is 129 cm³/mol. The zero-order valence-electron chi connectivity index (χ0n) is 19.4. The lowest BCUT2D eigenvalue weighted by molar-refractivity contribution is 0.409. The minimum absolute atomic E-state index is 0.524. The molecule has 0 bridgehead atoms. The molecule has 1 aliphatic rings. The third-order valence-corrected chi connectivity index (χ3v) is 6.26. The number of aromatic nitrogens is 5. The molecule has 3 aromatic rings. The van der Waals surface area contributed by atoms with Crippen LogP contribution < -0.4 is 10.6 Å². The monoisotopic (exact) mass is 436 g/mol. The zero-order chi connectivity index (χ0) is 22.2. The fraction of sp³-hybridized carbons (Fsp3) is 0.583. The van der Waals surface area contributed by atoms with Gasteiger partial charge in [-0.15, -0.1) is 10.2 Å². The van der Waals surface area contributed by atoms with E-state index in [1.807, 2.05) is 12.4 Å². The molecule has 32 heavy (non-hydrogen) atoms. The van der Waals surface area contributed by atoms with Crippen LogP contribution in [0.1, 0.15) is 57.1 Å². The van der Waals surface area contributed by atoms with Gasteiger partial charge in [-0.25, -0.2) is 4.98 Å². The van der Waals surface area contributed by atoms with Crippen LogP contribution in [0.25, 0.3) is 11.0 Å². The van der Waals surface area contributed by atoms with Crippen LogP contribution in [0, 0.1) is 6.92 Å². The van der Waals surface area contributed by atoms with Crippen LogP contribution in [0.5, 0.6) is 0 Å². The molecular weight excluding hydrogens is 400 g/mol. The van der Waals surface area contributed by atoms with E-state index in [1.165, 1.54) is 37.6 Å². The smallest absolute Gasteiger partial charge is 0.191 e. The molecule has 0 saturated heterocycles. The number of nitrogens with zero attached hydrogens (tertiary/aromatic N) is 6. The highest BCUT2D eigenvalue weighted by atomic mass is 15.3. The molecule has 2 aromatic heterocycles. The quantitative estimate of drug-likeness (QED) is 0.305. The zero-order valence-corrected chi connectivity index (χ0v) is 19.4. The van der Waals surface area contributed by atoms with Gasteiger partial charge in [0.15, 0.2) is 5.96 Å². The van der Waals surface area contributed by atoms with Gasteiger partial charge < -0.3 is 19.8 Å². The van der Waals surface area contributed by atoms with E-state index in [4.69, 9.17) is 4.99 Å². The van der Waals surface area contributed by atoms with Crippen LogP contribution >= 0.6 is 0 Å². The van der Waals surface area contributed by atoms with E-state index >= 15 is 0 Å². The summed E-state index contributed by atoms with van der Waals surface area (Å²) >= 11 is 0. The van der Waals surface area contributed by atoms with E-state index in [0.717, 1.165) is 62.1 Å². The molecule has 0 amide bonds. The Labute approximate surface area is 190 Å². The summed E-state index contributed by atoms with van der Waals surface area (Å²) < 4.78 is 4.41. The van der Waals surface area contributed by atoms with Gasteiger partial charge in [0.25, 0.3) is 0 Å². The van der Waals surface area contributed by atoms with Crippen molar-refractivity contribution in [2.24, 2.45) is 4.99 Å². The third-order valence-electron chi connectivity index (χ3n) is 6.26. The summed E-state index contributed by atoms with van der Waals surface area (Å²) in [6.45, 7) is 7.53. The fourth-order valence-electron chi connectivity index (χ4n) is 4.52. The van der Waals surface area contributed by atoms with Gasteiger partial charge in [0.2, 0.25) is 0 Å². The maximum atomic E-state index is 4.91. The van der Waals surface area contributed by atoms with Gasteiger partial charge in [0.1, 0.15) is 18.0 Å². The Morgan fingerprint density at radius 2 is 2.00 bits per heavy atom. The summed E-state index contributed by atoms with van der Waals surface area (Å²) in [6.07, 6.45) is 10.1. The topological polar surface area (TPSA) is 85.0 Å². The van der Waals surface area contributed by atoms with Crippen molar-refractivity contribution in [3.63, 3.8) is 0 Å². The van der Waals surface area contributed by atoms with E-state index in [2.05, 4.69) is 67.0 Å². The van der Waals surface area contributed by atoms with E-state index in [1.54, 1.807) is 0 Å². The number of aliphatic imine (C=N–C) groups is 1. The number of guanidine groups is 1. The first-order valence-electron chi connectivity index (χ1n) is 12.1. The van der Waals surface area contributed by atoms with Crippen molar-refractivity contribution in [1.82, 2.24) is 34.9 Å². The maximum absolute atomic E-state index is 4.91. The second-order valence-corrected chi connectivity index (χ2v) is 8.58. The molecule has 8 nitrogen and oxygen atoms in total. The van der Waals surface area contributed by atoms with Crippen molar-refractivity contribution in [2.75, 3.05) is 13.1 Å². The Kier molecular flexibility index (Phi) is 7.74. The van der Waals surface area contributed by atoms with E-state index < -0.39 is 0 Å². The molecule has 1 saturated carbocycles. The van der Waals surface area contributed by atoms with Crippen LogP contribution in [0.3, 0.4) is 0 Å². The molecule has 1 fully saturated rings. The molecule has 8 heteroatoms. The highest BCUT2D eigenvalue weighted by Crippen LogP contribution is 2.17. The molecule has 0 atom stereocenters. The Hall–Kier alpha value is -2.90. The number of fused-ring (bicyclic) bond motifs is 1. The number of aryl methyl sites for hydroxylation is 3. The van der Waals surface area contributed by atoms with Gasteiger partial charge in [-0.05, 0) is 38.3 Å². The Bertz CT molecular complexity index is 1010. The van der Waals surface area contributed by atoms with E-state index in [9.17, 15) is 0 Å². The van der Waals surface area contributed by atoms with E-state index in [-0.39, 0.29) is 0 Å². The molecular formula is C24H36N8. The second-order valence-electron chi connectivity index (χ2n) is 8.58. The lowest BCUT2D eigenvalue weighted by Crippen LogP contribution is -2.45. The predicted octanol–water partition coefficient (Wildman–Crippen LogP) is 3.46. The molecule has 0 aliphatic heterocycles. The minimum Gasteiger partial charge on any atom is -0.355 e. The lowest BCUT2D eigenvalue weighted by atomic mass is 9.96. The summed E-state index contributed by atoms with van der Waals surface area (Å²) in [7, 11) is 0. The Balaban J connectivity index is 1.34. The third kappa shape index (κ3) is 5.66. The maximum Gasteiger partial charge on any atom is 0.191 e. The van der Waals surface area contributed by atoms with Crippen molar-refractivity contribution >= 4 is 17.0 Å². The Morgan fingerprint density at radius 1 is 1.16 bits per heavy atom. The first-order valence-corrected chi connectivity index (χ1v) is 12.1. The van der Waals surface area contributed by atoms with Gasteiger partial charge in [0.05, 0.1) is 11.0 Å². The van der Waals surface area contributed by atoms with Gasteiger partial charge in [0, 0.05) is 38.6 Å². The van der Waals surface area contributed by atoms with Gasteiger partial charge in [-0.1, -0.05) is 38.3 Å². The summed E-state index contributed by atoms with van der Waals surface area (Å²) in [5.74, 6) is 3.01. The average Bonchev–Trinajstić information content (AvgIpc) is 3.40. The van der Waals surface area contributed by atoms with Gasteiger partial charge >= 0.3 is 0 Å². The van der Waals surface area contributed by atoms with Crippen LogP contribution in [0.15, 0.2) is 35.6 Å². The first kappa shape index (κ1) is 22.3. The number of para-hydroxylation sites is 2. The molecule has 2 N–H and O–H groups in total. The SMILES string of the molecule is CCc1nncn1CCNC(=NCCCn1c(C)nc2ccccc21)NC1CCCCC1. The van der Waals surface area contributed by atoms with E-state index in [0.29, 0.717) is 6.04 Å². The van der Waals surface area contributed by atoms with Crippen LogP contribution in [0.4, 0.5) is 0 Å². The fourth-order valence-corrected chi connectivity index (χ4v) is 4.52. The van der Waals surface area contributed by atoms with Crippen molar-refractivity contribution < 1.29 is 0 Å². The molecule has 0 radical (unpaired) electrons. The number of imidazole rings is 1. The van der Waals surface area contributed by atoms with Crippen molar-refractivity contribution in [3.8, 4) is 0 Å². The minimum atomic E-state index is 0.524. The number of nitrogens with one attached hydrogen (secondary N) is 2. The molecule has 1 aliphatic carbocycles. The molecule has 4 rings (SSSR count). The van der Waals surface area contributed by atoms with Crippen LogP contribution in [0.2, 0.25) is 0 Å². The van der Waals surface area contributed by atoms with Crippen LogP contribution in [-0.4, -0.2) is 49.4 Å². The Morgan fingerprint density at radius 3 is 2.84 bits per heavy atom. The average molecular weight is 437 g/mol. The summed E-state index contributed by atoms with van der Waals surface area (Å²) in [5, 5.41) is 15.4. The van der Waals surface area contributed by atoms with Crippen molar-refractivity contribution in [3.05, 3.63) is 42.2 Å². The lowest BCUT2D eigenvalue weighted by Gasteiger charge is -2.25. The molecule has 2 heterocycles. The number of rotatable bonds is 9. The molecule has 172 valence electrons. The first-order chi connectivity index (χ1) is 15.7. The van der Waals surface area contributed by atoms with Crippen molar-refractivity contribution in [2.45, 2.75) is 77.9 Å². The van der Waals surface area contributed by atoms with Gasteiger partial charge in [-0.3, -0.25) is 4.99 Å². The van der Waals surface area contributed by atoms with Crippen LogP contribution in [-0.2, 0) is 19.5 Å².